The van der Waals surface area contributed by atoms with E-state index in [2.05, 4.69) is 21.1 Å². The molecule has 0 unspecified atom stereocenters. The first-order valence-corrected chi connectivity index (χ1v) is 7.15. The molecule has 0 saturated heterocycles. The van der Waals surface area contributed by atoms with Gasteiger partial charge in [-0.1, -0.05) is 33.9 Å². The average Bonchev–Trinajstić information content (AvgIpc) is 2.95. The van der Waals surface area contributed by atoms with E-state index in [1.807, 2.05) is 4.90 Å². The summed E-state index contributed by atoms with van der Waals surface area (Å²) in [5, 5.41) is 4.61. The van der Waals surface area contributed by atoms with Crippen molar-refractivity contribution in [3.8, 4) is 0 Å². The van der Waals surface area contributed by atoms with Crippen molar-refractivity contribution in [2.24, 2.45) is 0 Å². The first-order chi connectivity index (χ1) is 8.22. The van der Waals surface area contributed by atoms with Crippen molar-refractivity contribution in [2.75, 3.05) is 11.9 Å². The third-order valence-corrected chi connectivity index (χ3v) is 3.55. The first-order valence-electron chi connectivity index (χ1n) is 6.02. The highest BCUT2D eigenvalue weighted by Crippen LogP contribution is 2.24. The fourth-order valence-corrected chi connectivity index (χ4v) is 2.75. The maximum Gasteiger partial charge on any atom is 0.276 e. The van der Waals surface area contributed by atoms with Gasteiger partial charge in [0.05, 0.1) is 0 Å². The minimum atomic E-state index is -0.00630. The van der Waals surface area contributed by atoms with E-state index < -0.39 is 0 Å². The van der Waals surface area contributed by atoms with Crippen LogP contribution >= 0.6 is 15.9 Å². The molecule has 2 rings (SSSR count). The summed E-state index contributed by atoms with van der Waals surface area (Å²) in [4.78, 5) is 14.2. The van der Waals surface area contributed by atoms with Crippen LogP contribution in [0.1, 0.15) is 41.9 Å². The van der Waals surface area contributed by atoms with Gasteiger partial charge in [-0.2, -0.15) is 0 Å². The number of aromatic nitrogens is 1. The lowest BCUT2D eigenvalue weighted by atomic mass is 10.2. The average molecular weight is 301 g/mol. The Kier molecular flexibility index (Phi) is 4.20. The lowest BCUT2D eigenvalue weighted by molar-refractivity contribution is 0.0685. The quantitative estimate of drug-likeness (QED) is 0.803. The molecule has 1 amide bonds. The summed E-state index contributed by atoms with van der Waals surface area (Å²) in [5.41, 5.74) is 0.426. The van der Waals surface area contributed by atoms with Crippen molar-refractivity contribution in [1.82, 2.24) is 10.1 Å². The molecule has 0 atom stereocenters. The normalized spacial score (nSPS) is 16.4. The number of carbonyl (C=O) groups excluding carboxylic acids is 1. The Bertz CT molecular complexity index is 386. The minimum absolute atomic E-state index is 0.00630. The van der Waals surface area contributed by atoms with Crippen LogP contribution in [0.15, 0.2) is 10.6 Å². The number of rotatable bonds is 4. The van der Waals surface area contributed by atoms with Gasteiger partial charge in [0.25, 0.3) is 5.91 Å². The third kappa shape index (κ3) is 2.89. The molecule has 0 aliphatic heterocycles. The molecule has 0 aromatic carbocycles. The number of halogens is 1. The van der Waals surface area contributed by atoms with Gasteiger partial charge >= 0.3 is 0 Å². The Morgan fingerprint density at radius 2 is 2.29 bits per heavy atom. The number of hydrogen-bond donors (Lipinski definition) is 0. The largest absolute Gasteiger partial charge is 0.361 e. The van der Waals surface area contributed by atoms with Gasteiger partial charge in [-0.3, -0.25) is 4.79 Å². The number of hydrogen-bond acceptors (Lipinski definition) is 3. The van der Waals surface area contributed by atoms with Gasteiger partial charge in [0, 0.05) is 24.0 Å². The van der Waals surface area contributed by atoms with E-state index in [1.54, 1.807) is 13.0 Å². The van der Waals surface area contributed by atoms with Crippen molar-refractivity contribution in [2.45, 2.75) is 38.6 Å². The summed E-state index contributed by atoms with van der Waals surface area (Å²) in [7, 11) is 0. The molecule has 1 aromatic rings. The Morgan fingerprint density at radius 3 is 2.82 bits per heavy atom. The van der Waals surface area contributed by atoms with Crippen LogP contribution in [0.4, 0.5) is 0 Å². The van der Waals surface area contributed by atoms with Crippen molar-refractivity contribution in [3.63, 3.8) is 0 Å². The molecule has 5 heteroatoms. The van der Waals surface area contributed by atoms with Crippen LogP contribution in [0.5, 0.6) is 0 Å². The molecule has 1 heterocycles. The van der Waals surface area contributed by atoms with Crippen LogP contribution in [0.2, 0.25) is 0 Å². The van der Waals surface area contributed by atoms with E-state index in [4.69, 9.17) is 4.52 Å². The molecule has 4 nitrogen and oxygen atoms in total. The summed E-state index contributed by atoms with van der Waals surface area (Å²) in [6.45, 7) is 2.53. The lowest BCUT2D eigenvalue weighted by Gasteiger charge is -2.27. The summed E-state index contributed by atoms with van der Waals surface area (Å²) in [6.07, 6.45) is 4.65. The van der Waals surface area contributed by atoms with Crippen molar-refractivity contribution in [1.29, 1.82) is 0 Å². The van der Waals surface area contributed by atoms with Gasteiger partial charge in [0.15, 0.2) is 5.69 Å². The zero-order valence-electron chi connectivity index (χ0n) is 9.99. The molecule has 0 spiro atoms. The Labute approximate surface area is 109 Å². The maximum absolute atomic E-state index is 12.3. The highest BCUT2D eigenvalue weighted by molar-refractivity contribution is 9.09. The second-order valence-electron chi connectivity index (χ2n) is 4.45. The van der Waals surface area contributed by atoms with Gasteiger partial charge in [0.1, 0.15) is 5.76 Å². The van der Waals surface area contributed by atoms with Gasteiger partial charge in [0.2, 0.25) is 0 Å². The van der Waals surface area contributed by atoms with Gasteiger partial charge in [-0.25, -0.2) is 0 Å². The number of amides is 1. The topological polar surface area (TPSA) is 46.3 Å². The molecule has 1 aliphatic rings. The third-order valence-electron chi connectivity index (χ3n) is 3.20. The molecule has 1 aromatic heterocycles. The molecule has 0 N–H and O–H groups in total. The monoisotopic (exact) mass is 300 g/mol. The van der Waals surface area contributed by atoms with E-state index in [0.717, 1.165) is 24.7 Å². The predicted molar refractivity (Wildman–Crippen MR) is 68.3 cm³/mol. The zero-order chi connectivity index (χ0) is 12.3. The molecule has 0 radical (unpaired) electrons. The van der Waals surface area contributed by atoms with Gasteiger partial charge < -0.3 is 9.42 Å². The smallest absolute Gasteiger partial charge is 0.276 e. The van der Waals surface area contributed by atoms with Crippen molar-refractivity contribution >= 4 is 21.8 Å². The number of nitrogens with zero attached hydrogens (tertiary/aromatic N) is 2. The predicted octanol–water partition coefficient (Wildman–Crippen LogP) is 2.76. The first kappa shape index (κ1) is 12.6. The van der Waals surface area contributed by atoms with Gasteiger partial charge in [-0.05, 0) is 19.8 Å². The molecule has 1 saturated carbocycles. The standard InChI is InChI=1S/C12H17BrN2O2/c1-9-8-11(14-17-9)12(16)15(7-6-13)10-4-2-3-5-10/h8,10H,2-7H2,1H3. The SMILES string of the molecule is Cc1cc(C(=O)N(CCBr)C2CCCC2)no1. The Hall–Kier alpha value is -0.840. The summed E-state index contributed by atoms with van der Waals surface area (Å²) in [6, 6.07) is 2.08. The highest BCUT2D eigenvalue weighted by Gasteiger charge is 2.28. The van der Waals surface area contributed by atoms with Crippen molar-refractivity contribution < 1.29 is 9.32 Å². The van der Waals surface area contributed by atoms with E-state index in [1.165, 1.54) is 12.8 Å². The van der Waals surface area contributed by atoms with Crippen LogP contribution in [0.25, 0.3) is 0 Å². The summed E-state index contributed by atoms with van der Waals surface area (Å²) < 4.78 is 4.97. The lowest BCUT2D eigenvalue weighted by Crippen LogP contribution is -2.40. The number of carbonyl (C=O) groups is 1. The Morgan fingerprint density at radius 1 is 1.59 bits per heavy atom. The van der Waals surface area contributed by atoms with Crippen LogP contribution < -0.4 is 0 Å². The van der Waals surface area contributed by atoms with Crippen LogP contribution in [-0.4, -0.2) is 33.9 Å². The Balaban J connectivity index is 2.12. The molecule has 17 heavy (non-hydrogen) atoms. The molecular weight excluding hydrogens is 284 g/mol. The number of alkyl halides is 1. The summed E-state index contributed by atoms with van der Waals surface area (Å²) in [5.74, 6) is 0.673. The minimum Gasteiger partial charge on any atom is -0.361 e. The number of aryl methyl sites for hydroxylation is 1. The molecule has 94 valence electrons. The van der Waals surface area contributed by atoms with Crippen molar-refractivity contribution in [3.05, 3.63) is 17.5 Å². The highest BCUT2D eigenvalue weighted by atomic mass is 79.9. The zero-order valence-corrected chi connectivity index (χ0v) is 11.6. The van der Waals surface area contributed by atoms with Crippen LogP contribution in [0, 0.1) is 6.92 Å². The molecule has 1 aliphatic carbocycles. The second kappa shape index (κ2) is 5.67. The van der Waals surface area contributed by atoms with E-state index in [0.29, 0.717) is 17.5 Å². The summed E-state index contributed by atoms with van der Waals surface area (Å²) >= 11 is 3.41. The molecule has 1 fully saturated rings. The maximum atomic E-state index is 12.3. The van der Waals surface area contributed by atoms with E-state index in [-0.39, 0.29) is 5.91 Å². The van der Waals surface area contributed by atoms with E-state index >= 15 is 0 Å². The van der Waals surface area contributed by atoms with Crippen LogP contribution in [0.3, 0.4) is 0 Å². The fraction of sp³-hybridized carbons (Fsp3) is 0.667. The fourth-order valence-electron chi connectivity index (χ4n) is 2.37. The van der Waals surface area contributed by atoms with E-state index in [9.17, 15) is 4.79 Å². The molecular formula is C12H17BrN2O2. The van der Waals surface area contributed by atoms with Gasteiger partial charge in [-0.15, -0.1) is 0 Å². The second-order valence-corrected chi connectivity index (χ2v) is 5.24. The molecule has 0 bridgehead atoms. The van der Waals surface area contributed by atoms with Crippen LogP contribution in [-0.2, 0) is 0 Å².